The highest BCUT2D eigenvalue weighted by atomic mass is 16.8. The van der Waals surface area contributed by atoms with Crippen molar-refractivity contribution in [1.82, 2.24) is 0 Å². The van der Waals surface area contributed by atoms with Crippen LogP contribution < -0.4 is 0 Å². The van der Waals surface area contributed by atoms with Crippen LogP contribution in [0.15, 0.2) is 0 Å². The zero-order chi connectivity index (χ0) is 13.8. The molecule has 3 rings (SSSR count). The molecular weight excluding hydrogens is 252 g/mol. The summed E-state index contributed by atoms with van der Waals surface area (Å²) in [6, 6.07) is 0. The minimum atomic E-state index is -0.681. The van der Waals surface area contributed by atoms with Gasteiger partial charge in [0.05, 0.1) is 13.0 Å². The van der Waals surface area contributed by atoms with Crippen molar-refractivity contribution in [2.24, 2.45) is 5.92 Å². The summed E-state index contributed by atoms with van der Waals surface area (Å²) in [6.45, 7) is 3.72. The van der Waals surface area contributed by atoms with Gasteiger partial charge in [0, 0.05) is 7.11 Å². The fourth-order valence-electron chi connectivity index (χ4n) is 3.41. The standard InChI is InChI=1S/C13H20O6/c1-12(2)17-8-9(18-12)13(19-11(8)16-4)6-5-7(13)10(14)15-3/h7-9,11H,5-6H2,1-4H3/t7-,8+,9?,11-,13-/m1/s1. The van der Waals surface area contributed by atoms with Crippen molar-refractivity contribution < 1.29 is 28.5 Å². The topological polar surface area (TPSA) is 63.2 Å². The van der Waals surface area contributed by atoms with Crippen molar-refractivity contribution in [2.45, 2.75) is 56.6 Å². The lowest BCUT2D eigenvalue weighted by molar-refractivity contribution is -0.279. The van der Waals surface area contributed by atoms with Crippen molar-refractivity contribution in [1.29, 1.82) is 0 Å². The maximum Gasteiger partial charge on any atom is 0.311 e. The van der Waals surface area contributed by atoms with Crippen LogP contribution in [0.3, 0.4) is 0 Å². The number of fused-ring (bicyclic) bond motifs is 2. The largest absolute Gasteiger partial charge is 0.469 e. The lowest BCUT2D eigenvalue weighted by atomic mass is 9.66. The van der Waals surface area contributed by atoms with Gasteiger partial charge < -0.3 is 23.7 Å². The van der Waals surface area contributed by atoms with E-state index in [0.717, 1.165) is 12.8 Å². The van der Waals surface area contributed by atoms with E-state index in [9.17, 15) is 4.79 Å². The smallest absolute Gasteiger partial charge is 0.311 e. The average Bonchev–Trinajstić information content (AvgIpc) is 2.79. The van der Waals surface area contributed by atoms with E-state index in [2.05, 4.69) is 0 Å². The molecule has 19 heavy (non-hydrogen) atoms. The number of ether oxygens (including phenoxy) is 5. The van der Waals surface area contributed by atoms with Crippen LogP contribution in [-0.2, 0) is 28.5 Å². The fourth-order valence-corrected chi connectivity index (χ4v) is 3.41. The normalized spacial score (nSPS) is 46.9. The summed E-state index contributed by atoms with van der Waals surface area (Å²) in [7, 11) is 2.96. The average molecular weight is 272 g/mol. The van der Waals surface area contributed by atoms with Crippen LogP contribution in [0.1, 0.15) is 26.7 Å². The van der Waals surface area contributed by atoms with Gasteiger partial charge >= 0.3 is 5.97 Å². The molecule has 0 bridgehead atoms. The molecule has 3 fully saturated rings. The monoisotopic (exact) mass is 272 g/mol. The van der Waals surface area contributed by atoms with E-state index in [4.69, 9.17) is 23.7 Å². The van der Waals surface area contributed by atoms with Gasteiger partial charge in [-0.3, -0.25) is 4.79 Å². The molecule has 108 valence electrons. The molecule has 0 aromatic heterocycles. The Labute approximate surface area is 112 Å². The molecule has 2 aliphatic heterocycles. The van der Waals surface area contributed by atoms with E-state index >= 15 is 0 Å². The molecule has 1 unspecified atom stereocenters. The molecular formula is C13H20O6. The van der Waals surface area contributed by atoms with Crippen LogP contribution in [0.25, 0.3) is 0 Å². The van der Waals surface area contributed by atoms with Crippen molar-refractivity contribution >= 4 is 5.97 Å². The summed E-state index contributed by atoms with van der Waals surface area (Å²) in [5, 5.41) is 0. The molecule has 5 atom stereocenters. The van der Waals surface area contributed by atoms with E-state index in [-0.39, 0.29) is 24.1 Å². The summed E-state index contributed by atoms with van der Waals surface area (Å²) in [4.78, 5) is 11.9. The third-order valence-corrected chi connectivity index (χ3v) is 4.35. The Morgan fingerprint density at radius 2 is 1.95 bits per heavy atom. The van der Waals surface area contributed by atoms with Gasteiger partial charge in [0.1, 0.15) is 17.8 Å². The second-order valence-corrected chi connectivity index (χ2v) is 5.81. The summed E-state index contributed by atoms with van der Waals surface area (Å²) < 4.78 is 27.9. The predicted octanol–water partition coefficient (Wildman–Crippen LogP) is 0.831. The molecule has 1 aliphatic carbocycles. The Hall–Kier alpha value is -0.690. The highest BCUT2D eigenvalue weighted by molar-refractivity contribution is 5.75. The number of rotatable bonds is 2. The lowest BCUT2D eigenvalue weighted by Gasteiger charge is -2.47. The van der Waals surface area contributed by atoms with E-state index in [1.165, 1.54) is 7.11 Å². The number of hydrogen-bond donors (Lipinski definition) is 0. The van der Waals surface area contributed by atoms with Gasteiger partial charge in [0.2, 0.25) is 0 Å². The summed E-state index contributed by atoms with van der Waals surface area (Å²) in [5.74, 6) is -1.24. The molecule has 2 heterocycles. The van der Waals surface area contributed by atoms with Crippen LogP contribution in [0.5, 0.6) is 0 Å². The summed E-state index contributed by atoms with van der Waals surface area (Å²) in [6.07, 6.45) is 0.417. The zero-order valence-electron chi connectivity index (χ0n) is 11.7. The van der Waals surface area contributed by atoms with Gasteiger partial charge in [-0.1, -0.05) is 0 Å². The fraction of sp³-hybridized carbons (Fsp3) is 0.923. The summed E-state index contributed by atoms with van der Waals surface area (Å²) in [5.41, 5.74) is -0.661. The second-order valence-electron chi connectivity index (χ2n) is 5.81. The van der Waals surface area contributed by atoms with Gasteiger partial charge in [-0.05, 0) is 26.7 Å². The van der Waals surface area contributed by atoms with Crippen LogP contribution in [0.2, 0.25) is 0 Å². The van der Waals surface area contributed by atoms with Crippen molar-refractivity contribution in [3.8, 4) is 0 Å². The molecule has 1 saturated carbocycles. The molecule has 0 aromatic carbocycles. The Balaban J connectivity index is 1.89. The Kier molecular flexibility index (Phi) is 2.91. The maximum absolute atomic E-state index is 11.9. The molecule has 0 radical (unpaired) electrons. The highest BCUT2D eigenvalue weighted by Crippen LogP contribution is 2.56. The second kappa shape index (κ2) is 4.15. The first-order valence-corrected chi connectivity index (χ1v) is 6.57. The van der Waals surface area contributed by atoms with Crippen LogP contribution in [0.4, 0.5) is 0 Å². The summed E-state index contributed by atoms with van der Waals surface area (Å²) >= 11 is 0. The van der Waals surface area contributed by atoms with Crippen LogP contribution in [0, 0.1) is 5.92 Å². The molecule has 2 saturated heterocycles. The van der Waals surface area contributed by atoms with Gasteiger partial charge in [-0.15, -0.1) is 0 Å². The van der Waals surface area contributed by atoms with Crippen LogP contribution >= 0.6 is 0 Å². The first kappa shape index (κ1) is 13.3. The Morgan fingerprint density at radius 3 is 2.47 bits per heavy atom. The quantitative estimate of drug-likeness (QED) is 0.694. The van der Waals surface area contributed by atoms with Crippen molar-refractivity contribution in [3.05, 3.63) is 0 Å². The Morgan fingerprint density at radius 1 is 1.21 bits per heavy atom. The molecule has 0 N–H and O–H groups in total. The van der Waals surface area contributed by atoms with Crippen molar-refractivity contribution in [2.75, 3.05) is 14.2 Å². The van der Waals surface area contributed by atoms with E-state index in [0.29, 0.717) is 0 Å². The SMILES string of the molecule is COC(=O)[C@H]1CC[C@@]12O[C@@H](OC)[C@H]1OC(C)(C)OC12. The predicted molar refractivity (Wildman–Crippen MR) is 63.2 cm³/mol. The number of carbonyl (C=O) groups excluding carboxylic acids is 1. The molecule has 6 nitrogen and oxygen atoms in total. The van der Waals surface area contributed by atoms with Gasteiger partial charge in [0.25, 0.3) is 0 Å². The lowest BCUT2D eigenvalue weighted by Crippen LogP contribution is -2.59. The molecule has 0 amide bonds. The van der Waals surface area contributed by atoms with Crippen molar-refractivity contribution in [3.63, 3.8) is 0 Å². The Bertz CT molecular complexity index is 395. The first-order valence-electron chi connectivity index (χ1n) is 6.57. The van der Waals surface area contributed by atoms with Gasteiger partial charge in [-0.25, -0.2) is 0 Å². The number of carbonyl (C=O) groups is 1. The number of hydrogen-bond acceptors (Lipinski definition) is 6. The molecule has 0 aromatic rings. The number of esters is 1. The third kappa shape index (κ3) is 1.74. The minimum absolute atomic E-state index is 0.255. The van der Waals surface area contributed by atoms with Gasteiger partial charge in [-0.2, -0.15) is 0 Å². The molecule has 1 spiro atoms. The van der Waals surface area contributed by atoms with E-state index in [1.54, 1.807) is 7.11 Å². The number of methoxy groups -OCH3 is 2. The highest BCUT2D eigenvalue weighted by Gasteiger charge is 2.70. The molecule has 6 heteroatoms. The van der Waals surface area contributed by atoms with Gasteiger partial charge in [0.15, 0.2) is 12.1 Å². The van der Waals surface area contributed by atoms with E-state index < -0.39 is 17.7 Å². The maximum atomic E-state index is 11.9. The zero-order valence-corrected chi connectivity index (χ0v) is 11.7. The van der Waals surface area contributed by atoms with E-state index in [1.807, 2.05) is 13.8 Å². The first-order chi connectivity index (χ1) is 8.93. The van der Waals surface area contributed by atoms with Crippen LogP contribution in [-0.4, -0.2) is 50.1 Å². The third-order valence-electron chi connectivity index (χ3n) is 4.35. The molecule has 3 aliphatic rings. The minimum Gasteiger partial charge on any atom is -0.469 e.